The SMILES string of the molecule is CCN(CC)CCNCC1CCCC(C)C1. The molecule has 2 unspecified atom stereocenters. The van der Waals surface area contributed by atoms with E-state index >= 15 is 0 Å². The van der Waals surface area contributed by atoms with Crippen LogP contribution >= 0.6 is 0 Å². The molecule has 0 amide bonds. The third-order valence-corrected chi connectivity index (χ3v) is 3.98. The van der Waals surface area contributed by atoms with Crippen molar-refractivity contribution in [3.63, 3.8) is 0 Å². The van der Waals surface area contributed by atoms with Gasteiger partial charge < -0.3 is 10.2 Å². The van der Waals surface area contributed by atoms with Crippen molar-refractivity contribution in [1.29, 1.82) is 0 Å². The molecule has 1 aliphatic rings. The van der Waals surface area contributed by atoms with Gasteiger partial charge >= 0.3 is 0 Å². The molecule has 96 valence electrons. The lowest BCUT2D eigenvalue weighted by Crippen LogP contribution is -2.34. The molecule has 0 aromatic carbocycles. The lowest BCUT2D eigenvalue weighted by atomic mass is 9.82. The zero-order valence-electron chi connectivity index (χ0n) is 11.5. The Morgan fingerprint density at radius 1 is 1.19 bits per heavy atom. The third-order valence-electron chi connectivity index (χ3n) is 3.98. The number of hydrogen-bond acceptors (Lipinski definition) is 2. The summed E-state index contributed by atoms with van der Waals surface area (Å²) in [5, 5.41) is 3.63. The standard InChI is InChI=1S/C14H30N2/c1-4-16(5-2)10-9-15-12-14-8-6-7-13(3)11-14/h13-15H,4-12H2,1-3H3. The molecule has 2 atom stereocenters. The van der Waals surface area contributed by atoms with Crippen molar-refractivity contribution in [2.45, 2.75) is 46.5 Å². The Kier molecular flexibility index (Phi) is 7.06. The Morgan fingerprint density at radius 2 is 1.94 bits per heavy atom. The fraction of sp³-hybridized carbons (Fsp3) is 1.00. The number of likely N-dealkylation sites (N-methyl/N-ethyl adjacent to an activating group) is 1. The molecular weight excluding hydrogens is 196 g/mol. The first-order chi connectivity index (χ1) is 7.76. The summed E-state index contributed by atoms with van der Waals surface area (Å²) in [7, 11) is 0. The first-order valence-electron chi connectivity index (χ1n) is 7.19. The van der Waals surface area contributed by atoms with Gasteiger partial charge in [-0.3, -0.25) is 0 Å². The van der Waals surface area contributed by atoms with Gasteiger partial charge in [0.05, 0.1) is 0 Å². The minimum Gasteiger partial charge on any atom is -0.315 e. The summed E-state index contributed by atoms with van der Waals surface area (Å²) in [4.78, 5) is 2.48. The molecule has 0 aromatic rings. The lowest BCUT2D eigenvalue weighted by Gasteiger charge is -2.27. The highest BCUT2D eigenvalue weighted by Crippen LogP contribution is 2.27. The minimum atomic E-state index is 0.945. The number of rotatable bonds is 7. The highest BCUT2D eigenvalue weighted by molar-refractivity contribution is 4.72. The zero-order chi connectivity index (χ0) is 11.8. The first-order valence-corrected chi connectivity index (χ1v) is 7.19. The van der Waals surface area contributed by atoms with Gasteiger partial charge in [0.15, 0.2) is 0 Å². The summed E-state index contributed by atoms with van der Waals surface area (Å²) in [5.41, 5.74) is 0. The van der Waals surface area contributed by atoms with Crippen LogP contribution in [-0.2, 0) is 0 Å². The van der Waals surface area contributed by atoms with Crippen molar-refractivity contribution >= 4 is 0 Å². The van der Waals surface area contributed by atoms with E-state index in [0.29, 0.717) is 0 Å². The van der Waals surface area contributed by atoms with E-state index in [1.807, 2.05) is 0 Å². The molecule has 0 aliphatic heterocycles. The van der Waals surface area contributed by atoms with Gasteiger partial charge in [0.1, 0.15) is 0 Å². The van der Waals surface area contributed by atoms with Crippen molar-refractivity contribution in [2.24, 2.45) is 11.8 Å². The highest BCUT2D eigenvalue weighted by Gasteiger charge is 2.18. The molecule has 0 radical (unpaired) electrons. The Labute approximate surface area is 102 Å². The summed E-state index contributed by atoms with van der Waals surface area (Å²) in [6, 6.07) is 0. The summed E-state index contributed by atoms with van der Waals surface area (Å²) in [6.45, 7) is 12.9. The summed E-state index contributed by atoms with van der Waals surface area (Å²) < 4.78 is 0. The predicted octanol–water partition coefficient (Wildman–Crippen LogP) is 2.74. The predicted molar refractivity (Wildman–Crippen MR) is 71.8 cm³/mol. The molecule has 2 heteroatoms. The molecule has 2 nitrogen and oxygen atoms in total. The second kappa shape index (κ2) is 8.08. The van der Waals surface area contributed by atoms with E-state index in [1.165, 1.54) is 51.9 Å². The molecule has 1 rings (SSSR count). The topological polar surface area (TPSA) is 15.3 Å². The monoisotopic (exact) mass is 226 g/mol. The van der Waals surface area contributed by atoms with Crippen LogP contribution in [0.3, 0.4) is 0 Å². The van der Waals surface area contributed by atoms with E-state index in [9.17, 15) is 0 Å². The van der Waals surface area contributed by atoms with Crippen LogP contribution in [0.5, 0.6) is 0 Å². The first kappa shape index (κ1) is 14.0. The molecule has 0 spiro atoms. The highest BCUT2D eigenvalue weighted by atomic mass is 15.1. The summed E-state index contributed by atoms with van der Waals surface area (Å²) in [6.07, 6.45) is 5.79. The maximum absolute atomic E-state index is 3.63. The average molecular weight is 226 g/mol. The zero-order valence-corrected chi connectivity index (χ0v) is 11.5. The molecule has 0 saturated heterocycles. The smallest absolute Gasteiger partial charge is 0.0107 e. The van der Waals surface area contributed by atoms with Gasteiger partial charge in [-0.25, -0.2) is 0 Å². The van der Waals surface area contributed by atoms with E-state index in [-0.39, 0.29) is 0 Å². The van der Waals surface area contributed by atoms with Crippen molar-refractivity contribution in [2.75, 3.05) is 32.7 Å². The second-order valence-corrected chi connectivity index (χ2v) is 5.37. The van der Waals surface area contributed by atoms with E-state index in [0.717, 1.165) is 18.4 Å². The molecule has 1 saturated carbocycles. The van der Waals surface area contributed by atoms with Crippen LogP contribution in [0.4, 0.5) is 0 Å². The van der Waals surface area contributed by atoms with E-state index in [2.05, 4.69) is 31.0 Å². The van der Waals surface area contributed by atoms with Crippen molar-refractivity contribution in [3.8, 4) is 0 Å². The van der Waals surface area contributed by atoms with Crippen LogP contribution in [0, 0.1) is 11.8 Å². The van der Waals surface area contributed by atoms with Gasteiger partial charge in [-0.05, 0) is 44.3 Å². The van der Waals surface area contributed by atoms with Crippen LogP contribution in [0.15, 0.2) is 0 Å². The molecule has 0 aromatic heterocycles. The van der Waals surface area contributed by atoms with Crippen LogP contribution < -0.4 is 5.32 Å². The molecule has 1 N–H and O–H groups in total. The summed E-state index contributed by atoms with van der Waals surface area (Å²) in [5.74, 6) is 1.91. The Hall–Kier alpha value is -0.0800. The van der Waals surface area contributed by atoms with Gasteiger partial charge in [0.2, 0.25) is 0 Å². The van der Waals surface area contributed by atoms with Crippen molar-refractivity contribution in [1.82, 2.24) is 10.2 Å². The Bertz CT molecular complexity index is 166. The minimum absolute atomic E-state index is 0.945. The van der Waals surface area contributed by atoms with Crippen molar-refractivity contribution < 1.29 is 0 Å². The van der Waals surface area contributed by atoms with Crippen LogP contribution in [0.1, 0.15) is 46.5 Å². The quantitative estimate of drug-likeness (QED) is 0.672. The van der Waals surface area contributed by atoms with Gasteiger partial charge in [-0.15, -0.1) is 0 Å². The van der Waals surface area contributed by atoms with Gasteiger partial charge in [-0.1, -0.05) is 33.6 Å². The number of nitrogens with one attached hydrogen (secondary N) is 1. The van der Waals surface area contributed by atoms with Gasteiger partial charge in [0, 0.05) is 13.1 Å². The van der Waals surface area contributed by atoms with Crippen LogP contribution in [0.2, 0.25) is 0 Å². The van der Waals surface area contributed by atoms with E-state index in [1.54, 1.807) is 0 Å². The van der Waals surface area contributed by atoms with E-state index < -0.39 is 0 Å². The molecule has 16 heavy (non-hydrogen) atoms. The second-order valence-electron chi connectivity index (χ2n) is 5.37. The average Bonchev–Trinajstić information content (AvgIpc) is 2.29. The normalized spacial score (nSPS) is 26.2. The molecule has 0 heterocycles. The largest absolute Gasteiger partial charge is 0.315 e. The number of hydrogen-bond donors (Lipinski definition) is 1. The van der Waals surface area contributed by atoms with Gasteiger partial charge in [0.25, 0.3) is 0 Å². The number of nitrogens with zero attached hydrogens (tertiary/aromatic N) is 1. The fourth-order valence-electron chi connectivity index (χ4n) is 2.83. The fourth-order valence-corrected chi connectivity index (χ4v) is 2.83. The molecule has 1 aliphatic carbocycles. The Morgan fingerprint density at radius 3 is 2.56 bits per heavy atom. The van der Waals surface area contributed by atoms with E-state index in [4.69, 9.17) is 0 Å². The summed E-state index contributed by atoms with van der Waals surface area (Å²) >= 11 is 0. The molecule has 1 fully saturated rings. The third kappa shape index (κ3) is 5.31. The van der Waals surface area contributed by atoms with Crippen LogP contribution in [-0.4, -0.2) is 37.6 Å². The molecular formula is C14H30N2. The molecule has 0 bridgehead atoms. The maximum atomic E-state index is 3.63. The lowest BCUT2D eigenvalue weighted by molar-refractivity contribution is 0.262. The van der Waals surface area contributed by atoms with Gasteiger partial charge in [-0.2, -0.15) is 0 Å². The Balaban J connectivity index is 2.02. The van der Waals surface area contributed by atoms with Crippen molar-refractivity contribution in [3.05, 3.63) is 0 Å². The maximum Gasteiger partial charge on any atom is 0.0107 e. The van der Waals surface area contributed by atoms with Crippen LogP contribution in [0.25, 0.3) is 0 Å².